The number of rotatable bonds is 8. The molecule has 4 nitrogen and oxygen atoms in total. The summed E-state index contributed by atoms with van der Waals surface area (Å²) in [5.41, 5.74) is 12.5. The molecular weight excluding hydrogens is 384 g/mol. The molecule has 1 unspecified atom stereocenters. The molecule has 0 amide bonds. The van der Waals surface area contributed by atoms with Crippen molar-refractivity contribution >= 4 is 17.2 Å². The lowest BCUT2D eigenvalue weighted by Crippen LogP contribution is -2.33. The van der Waals surface area contributed by atoms with Gasteiger partial charge in [0.15, 0.2) is 5.78 Å². The average Bonchev–Trinajstić information content (AvgIpc) is 2.97. The summed E-state index contributed by atoms with van der Waals surface area (Å²) >= 11 is 0. The Balaban J connectivity index is 1.40. The highest BCUT2D eigenvalue weighted by Crippen LogP contribution is 2.36. The number of anilines is 2. The van der Waals surface area contributed by atoms with Gasteiger partial charge in [0.05, 0.1) is 13.2 Å². The first-order valence-corrected chi connectivity index (χ1v) is 11.0. The van der Waals surface area contributed by atoms with Gasteiger partial charge in [0.25, 0.3) is 0 Å². The number of Topliss-reactive ketones (excluding diaryl/α,β-unsaturated/α-hetero) is 1. The first-order valence-electron chi connectivity index (χ1n) is 11.0. The first kappa shape index (κ1) is 21.1. The fraction of sp³-hybridized carbons (Fsp3) is 0.296. The van der Waals surface area contributed by atoms with Gasteiger partial charge < -0.3 is 15.4 Å². The molecule has 1 aliphatic heterocycles. The number of hydrogen-bond acceptors (Lipinski definition) is 4. The van der Waals surface area contributed by atoms with Gasteiger partial charge in [0.2, 0.25) is 0 Å². The van der Waals surface area contributed by atoms with Crippen molar-refractivity contribution in [2.75, 3.05) is 18.6 Å². The second-order valence-corrected chi connectivity index (χ2v) is 8.15. The molecule has 0 aliphatic carbocycles. The lowest BCUT2D eigenvalue weighted by molar-refractivity contribution is -0.119. The number of hydrogen-bond donors (Lipinski definition) is 1. The van der Waals surface area contributed by atoms with Gasteiger partial charge in [-0.3, -0.25) is 4.79 Å². The van der Waals surface area contributed by atoms with E-state index in [1.165, 1.54) is 22.5 Å². The van der Waals surface area contributed by atoms with Crippen molar-refractivity contribution in [3.8, 4) is 5.75 Å². The van der Waals surface area contributed by atoms with Crippen LogP contribution < -0.4 is 15.4 Å². The van der Waals surface area contributed by atoms with Crippen molar-refractivity contribution in [1.29, 1.82) is 0 Å². The molecule has 1 aliphatic rings. The van der Waals surface area contributed by atoms with Crippen LogP contribution in [0.3, 0.4) is 0 Å². The van der Waals surface area contributed by atoms with Crippen molar-refractivity contribution in [3.63, 3.8) is 0 Å². The maximum Gasteiger partial charge on any atom is 0.153 e. The van der Waals surface area contributed by atoms with Crippen LogP contribution >= 0.6 is 0 Å². The Hall–Kier alpha value is -3.11. The van der Waals surface area contributed by atoms with Crippen LogP contribution in [-0.2, 0) is 24.1 Å². The van der Waals surface area contributed by atoms with Crippen LogP contribution in [-0.4, -0.2) is 25.5 Å². The predicted octanol–water partition coefficient (Wildman–Crippen LogP) is 4.85. The molecule has 1 atom stereocenters. The number of methoxy groups -OCH3 is 1. The van der Waals surface area contributed by atoms with Gasteiger partial charge in [0, 0.05) is 24.3 Å². The van der Waals surface area contributed by atoms with E-state index in [1.807, 2.05) is 24.3 Å². The Bertz CT molecular complexity index is 982. The summed E-state index contributed by atoms with van der Waals surface area (Å²) < 4.78 is 5.18. The van der Waals surface area contributed by atoms with Crippen LogP contribution in [0.2, 0.25) is 0 Å². The molecule has 0 spiro atoms. The third-order valence-electron chi connectivity index (χ3n) is 6.08. The van der Waals surface area contributed by atoms with E-state index in [-0.39, 0.29) is 5.78 Å². The van der Waals surface area contributed by atoms with Crippen molar-refractivity contribution < 1.29 is 9.53 Å². The molecule has 1 heterocycles. The summed E-state index contributed by atoms with van der Waals surface area (Å²) in [5, 5.41) is 0. The Morgan fingerprint density at radius 2 is 1.52 bits per heavy atom. The van der Waals surface area contributed by atoms with E-state index in [4.69, 9.17) is 10.5 Å². The van der Waals surface area contributed by atoms with Gasteiger partial charge >= 0.3 is 0 Å². The van der Waals surface area contributed by atoms with Crippen LogP contribution in [0.4, 0.5) is 11.4 Å². The van der Waals surface area contributed by atoms with Gasteiger partial charge in [-0.15, -0.1) is 0 Å². The zero-order valence-electron chi connectivity index (χ0n) is 18.1. The monoisotopic (exact) mass is 414 g/mol. The number of ether oxygens (including phenoxy) is 1. The van der Waals surface area contributed by atoms with E-state index in [1.54, 1.807) is 7.11 Å². The van der Waals surface area contributed by atoms with Crippen LogP contribution in [0.25, 0.3) is 0 Å². The lowest BCUT2D eigenvalue weighted by Gasteiger charge is -2.27. The van der Waals surface area contributed by atoms with E-state index >= 15 is 0 Å². The van der Waals surface area contributed by atoms with E-state index in [0.29, 0.717) is 12.8 Å². The topological polar surface area (TPSA) is 55.6 Å². The summed E-state index contributed by atoms with van der Waals surface area (Å²) in [6.07, 6.45) is 3.99. The molecule has 0 fully saturated rings. The van der Waals surface area contributed by atoms with Gasteiger partial charge in [0.1, 0.15) is 5.75 Å². The van der Waals surface area contributed by atoms with E-state index < -0.39 is 6.04 Å². The van der Waals surface area contributed by atoms with Crippen LogP contribution in [0.1, 0.15) is 29.5 Å². The summed E-state index contributed by atoms with van der Waals surface area (Å²) in [6.45, 7) is 0.845. The zero-order valence-corrected chi connectivity index (χ0v) is 18.1. The maximum absolute atomic E-state index is 12.6. The molecule has 4 rings (SSSR count). The molecule has 0 saturated heterocycles. The number of fused-ring (bicyclic) bond motifs is 2. The Morgan fingerprint density at radius 1 is 0.935 bits per heavy atom. The fourth-order valence-electron chi connectivity index (χ4n) is 4.32. The fourth-order valence-corrected chi connectivity index (χ4v) is 4.32. The normalized spacial score (nSPS) is 13.7. The van der Waals surface area contributed by atoms with Crippen molar-refractivity contribution in [2.24, 2.45) is 5.73 Å². The minimum atomic E-state index is -0.445. The predicted molar refractivity (Wildman–Crippen MR) is 126 cm³/mol. The standard InChI is InChI=1S/C27H30N2O2/c1-31-23-16-12-20(13-17-23)19-27(30)24(28)9-6-18-29-25-10-4-2-7-21(25)14-15-22-8-3-5-11-26(22)29/h2-5,7-8,10-13,16-17,24H,6,9,14-15,18-19,28H2,1H3. The Labute approximate surface area is 184 Å². The third-order valence-corrected chi connectivity index (χ3v) is 6.08. The van der Waals surface area contributed by atoms with Gasteiger partial charge in [-0.2, -0.15) is 0 Å². The lowest BCUT2D eigenvalue weighted by atomic mass is 10.0. The smallest absolute Gasteiger partial charge is 0.153 e. The van der Waals surface area contributed by atoms with Crippen molar-refractivity contribution in [1.82, 2.24) is 0 Å². The molecule has 4 heteroatoms. The minimum Gasteiger partial charge on any atom is -0.497 e. The number of ketones is 1. The summed E-state index contributed by atoms with van der Waals surface area (Å²) in [7, 11) is 1.64. The quantitative estimate of drug-likeness (QED) is 0.572. The molecule has 0 aromatic heterocycles. The highest BCUT2D eigenvalue weighted by molar-refractivity contribution is 5.85. The summed E-state index contributed by atoms with van der Waals surface area (Å²) in [5.74, 6) is 0.875. The number of para-hydroxylation sites is 2. The molecule has 3 aromatic rings. The molecule has 31 heavy (non-hydrogen) atoms. The number of nitrogens with two attached hydrogens (primary N) is 1. The second-order valence-electron chi connectivity index (χ2n) is 8.15. The SMILES string of the molecule is COc1ccc(CC(=O)C(N)CCCN2c3ccccc3CCc3ccccc32)cc1. The summed E-state index contributed by atoms with van der Waals surface area (Å²) in [6, 6.07) is 24.4. The van der Waals surface area contributed by atoms with Crippen molar-refractivity contribution in [3.05, 3.63) is 89.5 Å². The number of carbonyl (C=O) groups is 1. The van der Waals surface area contributed by atoms with E-state index in [2.05, 4.69) is 53.4 Å². The second kappa shape index (κ2) is 9.80. The molecule has 160 valence electrons. The molecular formula is C27H30N2O2. The first-order chi connectivity index (χ1) is 15.2. The number of aryl methyl sites for hydroxylation is 2. The highest BCUT2D eigenvalue weighted by atomic mass is 16.5. The van der Waals surface area contributed by atoms with Gasteiger partial charge in [-0.25, -0.2) is 0 Å². The van der Waals surface area contributed by atoms with Crippen LogP contribution in [0.15, 0.2) is 72.8 Å². The number of nitrogens with zero attached hydrogens (tertiary/aromatic N) is 1. The Morgan fingerprint density at radius 3 is 2.10 bits per heavy atom. The molecule has 0 saturated carbocycles. The highest BCUT2D eigenvalue weighted by Gasteiger charge is 2.21. The van der Waals surface area contributed by atoms with E-state index in [0.717, 1.165) is 37.1 Å². The number of benzene rings is 3. The van der Waals surface area contributed by atoms with Gasteiger partial charge in [-0.05, 0) is 66.6 Å². The molecule has 0 radical (unpaired) electrons. The van der Waals surface area contributed by atoms with Crippen molar-refractivity contribution in [2.45, 2.75) is 38.1 Å². The van der Waals surface area contributed by atoms with Crippen LogP contribution in [0, 0.1) is 0 Å². The molecule has 3 aromatic carbocycles. The largest absolute Gasteiger partial charge is 0.497 e. The zero-order chi connectivity index (χ0) is 21.6. The van der Waals surface area contributed by atoms with Crippen LogP contribution in [0.5, 0.6) is 5.75 Å². The number of carbonyl (C=O) groups excluding carboxylic acids is 1. The summed E-state index contributed by atoms with van der Waals surface area (Å²) in [4.78, 5) is 15.0. The average molecular weight is 415 g/mol. The van der Waals surface area contributed by atoms with E-state index in [9.17, 15) is 4.79 Å². The Kier molecular flexibility index (Phi) is 6.68. The van der Waals surface area contributed by atoms with Gasteiger partial charge in [-0.1, -0.05) is 48.5 Å². The minimum absolute atomic E-state index is 0.0850. The molecule has 2 N–H and O–H groups in total. The third kappa shape index (κ3) is 4.97. The molecule has 0 bridgehead atoms. The maximum atomic E-state index is 12.6.